The van der Waals surface area contributed by atoms with Gasteiger partial charge < -0.3 is 25.1 Å². The molecule has 3 N–H and O–H groups in total. The first-order chi connectivity index (χ1) is 17.2. The van der Waals surface area contributed by atoms with Crippen molar-refractivity contribution < 1.29 is 19.1 Å². The Morgan fingerprint density at radius 1 is 1.19 bits per heavy atom. The molecule has 2 fully saturated rings. The third-order valence-electron chi connectivity index (χ3n) is 7.47. The maximum Gasteiger partial charge on any atom is 0.337 e. The lowest BCUT2D eigenvalue weighted by Gasteiger charge is -2.44. The van der Waals surface area contributed by atoms with Crippen molar-refractivity contribution in [3.8, 4) is 0 Å². The summed E-state index contributed by atoms with van der Waals surface area (Å²) in [6.07, 6.45) is 3.33. The van der Waals surface area contributed by atoms with Gasteiger partial charge in [0.2, 0.25) is 5.91 Å². The number of carbonyl (C=O) groups is 2. The van der Waals surface area contributed by atoms with Crippen molar-refractivity contribution in [2.24, 2.45) is 5.41 Å². The van der Waals surface area contributed by atoms with E-state index < -0.39 is 5.97 Å². The average Bonchev–Trinajstić information content (AvgIpc) is 2.84. The summed E-state index contributed by atoms with van der Waals surface area (Å²) in [7, 11) is 0. The Bertz CT molecular complexity index is 1390. The van der Waals surface area contributed by atoms with Gasteiger partial charge in [-0.05, 0) is 62.3 Å². The van der Waals surface area contributed by atoms with E-state index in [0.29, 0.717) is 42.1 Å². The molecule has 2 atom stereocenters. The van der Waals surface area contributed by atoms with Gasteiger partial charge in [0.25, 0.3) is 0 Å². The van der Waals surface area contributed by atoms with E-state index in [1.807, 2.05) is 26.0 Å². The molecule has 8 heteroatoms. The second-order valence-corrected chi connectivity index (χ2v) is 10.2. The number of para-hydroxylation sites is 1. The predicted molar refractivity (Wildman–Crippen MR) is 139 cm³/mol. The van der Waals surface area contributed by atoms with Crippen LogP contribution in [0.15, 0.2) is 51.7 Å². The summed E-state index contributed by atoms with van der Waals surface area (Å²) in [5.74, 6) is -0.410. The zero-order chi connectivity index (χ0) is 25.4. The van der Waals surface area contributed by atoms with Crippen LogP contribution in [0.3, 0.4) is 0 Å². The Labute approximate surface area is 209 Å². The molecule has 1 amide bonds. The molecule has 2 aliphatic rings. The van der Waals surface area contributed by atoms with Gasteiger partial charge >= 0.3 is 5.97 Å². The Kier molecular flexibility index (Phi) is 6.20. The van der Waals surface area contributed by atoms with Crippen LogP contribution in [0.25, 0.3) is 11.0 Å². The van der Waals surface area contributed by atoms with Gasteiger partial charge in [-0.2, -0.15) is 0 Å². The van der Waals surface area contributed by atoms with Crippen molar-refractivity contribution in [3.05, 3.63) is 69.4 Å². The van der Waals surface area contributed by atoms with E-state index in [-0.39, 0.29) is 28.4 Å². The highest BCUT2D eigenvalue weighted by Gasteiger charge is 2.40. The van der Waals surface area contributed by atoms with Gasteiger partial charge in [0, 0.05) is 43.4 Å². The highest BCUT2D eigenvalue weighted by atomic mass is 16.4. The predicted octanol–water partition coefficient (Wildman–Crippen LogP) is 4.47. The molecule has 3 aromatic rings. The van der Waals surface area contributed by atoms with Crippen LogP contribution in [0.4, 0.5) is 11.6 Å². The molecule has 8 nitrogen and oxygen atoms in total. The van der Waals surface area contributed by atoms with E-state index in [4.69, 9.17) is 4.42 Å². The van der Waals surface area contributed by atoms with Crippen molar-refractivity contribution in [3.63, 3.8) is 0 Å². The number of carboxylic acid groups (broad SMARTS) is 1. The number of piperidine rings is 2. The molecule has 0 aliphatic carbocycles. The molecule has 0 radical (unpaired) electrons. The van der Waals surface area contributed by atoms with Gasteiger partial charge in [0.05, 0.1) is 17.0 Å². The molecule has 1 aromatic heterocycles. The van der Waals surface area contributed by atoms with E-state index in [9.17, 15) is 19.5 Å². The van der Waals surface area contributed by atoms with E-state index in [1.54, 1.807) is 30.3 Å². The molecule has 0 bridgehead atoms. The first kappa shape index (κ1) is 23.9. The van der Waals surface area contributed by atoms with E-state index in [0.717, 1.165) is 36.9 Å². The van der Waals surface area contributed by atoms with Crippen LogP contribution in [-0.2, 0) is 4.79 Å². The normalized spacial score (nSPS) is 20.8. The molecule has 36 heavy (non-hydrogen) atoms. The molecule has 2 unspecified atom stereocenters. The Morgan fingerprint density at radius 2 is 2.00 bits per heavy atom. The standard InChI is InChI=1S/C28H31N3O5/c1-17-12-20(18(2)30-22-7-4-3-6-19(22)27(34)35)26-21(13-17)23(32)14-25(36-26)31-11-5-8-28(16-31)9-10-29-24(33)15-28/h3-4,6-7,12-14,18,30H,5,8-11,15-16H2,1-2H3,(H,29,33)(H,34,35). The molecule has 188 valence electrons. The number of carboxylic acids is 1. The number of hydrogen-bond acceptors (Lipinski definition) is 6. The largest absolute Gasteiger partial charge is 0.478 e. The quantitative estimate of drug-likeness (QED) is 0.485. The molecule has 2 aromatic carbocycles. The van der Waals surface area contributed by atoms with Crippen LogP contribution in [0.1, 0.15) is 60.1 Å². The number of aromatic carboxylic acids is 1. The fourth-order valence-electron chi connectivity index (χ4n) is 5.71. The van der Waals surface area contributed by atoms with Gasteiger partial charge in [-0.15, -0.1) is 0 Å². The van der Waals surface area contributed by atoms with Crippen LogP contribution >= 0.6 is 0 Å². The number of aryl methyl sites for hydroxylation is 1. The fraction of sp³-hybridized carbons (Fsp3) is 0.393. The molecule has 1 spiro atoms. The number of amides is 1. The minimum atomic E-state index is -1.01. The number of rotatable bonds is 5. The fourth-order valence-corrected chi connectivity index (χ4v) is 5.71. The Balaban J connectivity index is 1.53. The first-order valence-corrected chi connectivity index (χ1v) is 12.4. The number of anilines is 2. The zero-order valence-corrected chi connectivity index (χ0v) is 20.6. The monoisotopic (exact) mass is 489 g/mol. The maximum absolute atomic E-state index is 13.2. The first-order valence-electron chi connectivity index (χ1n) is 12.4. The molecule has 2 saturated heterocycles. The molecular formula is C28H31N3O5. The van der Waals surface area contributed by atoms with Gasteiger partial charge in [-0.25, -0.2) is 4.79 Å². The Hall–Kier alpha value is -3.81. The highest BCUT2D eigenvalue weighted by Crippen LogP contribution is 2.40. The Morgan fingerprint density at radius 3 is 2.78 bits per heavy atom. The summed E-state index contributed by atoms with van der Waals surface area (Å²) >= 11 is 0. The number of hydrogen-bond donors (Lipinski definition) is 3. The van der Waals surface area contributed by atoms with Crippen molar-refractivity contribution in [2.75, 3.05) is 29.9 Å². The minimum absolute atomic E-state index is 0.0855. The minimum Gasteiger partial charge on any atom is -0.478 e. The summed E-state index contributed by atoms with van der Waals surface area (Å²) in [5.41, 5.74) is 2.67. The van der Waals surface area contributed by atoms with Crippen LogP contribution in [0.2, 0.25) is 0 Å². The second-order valence-electron chi connectivity index (χ2n) is 10.2. The lowest BCUT2D eigenvalue weighted by atomic mass is 9.72. The van der Waals surface area contributed by atoms with Crippen LogP contribution in [-0.4, -0.2) is 36.6 Å². The number of nitrogens with zero attached hydrogens (tertiary/aromatic N) is 1. The van der Waals surface area contributed by atoms with Crippen molar-refractivity contribution in [2.45, 2.75) is 45.6 Å². The molecule has 2 aliphatic heterocycles. The van der Waals surface area contributed by atoms with Crippen LogP contribution < -0.4 is 21.0 Å². The molecule has 3 heterocycles. The van der Waals surface area contributed by atoms with Crippen molar-refractivity contribution >= 4 is 34.4 Å². The van der Waals surface area contributed by atoms with Crippen LogP contribution in [0, 0.1) is 12.3 Å². The summed E-state index contributed by atoms with van der Waals surface area (Å²) in [5, 5.41) is 16.3. The lowest BCUT2D eigenvalue weighted by Crippen LogP contribution is -2.50. The zero-order valence-electron chi connectivity index (χ0n) is 20.6. The molecule has 5 rings (SSSR count). The van der Waals surface area contributed by atoms with Gasteiger partial charge in [0.1, 0.15) is 5.58 Å². The average molecular weight is 490 g/mol. The SMILES string of the molecule is Cc1cc(C(C)Nc2ccccc2C(=O)O)c2oc(N3CCCC4(CCNC(=O)C4)C3)cc(=O)c2c1. The highest BCUT2D eigenvalue weighted by molar-refractivity contribution is 5.94. The summed E-state index contributed by atoms with van der Waals surface area (Å²) in [6.45, 7) is 5.97. The number of nitrogens with one attached hydrogen (secondary N) is 2. The smallest absolute Gasteiger partial charge is 0.337 e. The lowest BCUT2D eigenvalue weighted by molar-refractivity contribution is -0.126. The molecular weight excluding hydrogens is 458 g/mol. The summed E-state index contributed by atoms with van der Waals surface area (Å²) in [6, 6.07) is 11.8. The van der Waals surface area contributed by atoms with E-state index in [2.05, 4.69) is 15.5 Å². The maximum atomic E-state index is 13.2. The van der Waals surface area contributed by atoms with Gasteiger partial charge in [-0.3, -0.25) is 9.59 Å². The topological polar surface area (TPSA) is 112 Å². The third kappa shape index (κ3) is 4.55. The number of carbonyl (C=O) groups excluding carboxylic acids is 1. The number of fused-ring (bicyclic) bond motifs is 1. The second kappa shape index (κ2) is 9.33. The van der Waals surface area contributed by atoms with E-state index in [1.165, 1.54) is 0 Å². The van der Waals surface area contributed by atoms with Crippen molar-refractivity contribution in [1.82, 2.24) is 5.32 Å². The summed E-state index contributed by atoms with van der Waals surface area (Å²) < 4.78 is 6.43. The molecule has 0 saturated carbocycles. The van der Waals surface area contributed by atoms with Gasteiger partial charge in [0.15, 0.2) is 11.3 Å². The number of benzene rings is 2. The van der Waals surface area contributed by atoms with Crippen LogP contribution in [0.5, 0.6) is 0 Å². The third-order valence-corrected chi connectivity index (χ3v) is 7.47. The van der Waals surface area contributed by atoms with Crippen molar-refractivity contribution in [1.29, 1.82) is 0 Å². The van der Waals surface area contributed by atoms with Gasteiger partial charge in [-0.1, -0.05) is 18.2 Å². The van der Waals surface area contributed by atoms with E-state index >= 15 is 0 Å². The summed E-state index contributed by atoms with van der Waals surface area (Å²) in [4.78, 5) is 39.2.